The first-order valence-electron chi connectivity index (χ1n) is 8.14. The molecule has 2 atom stereocenters. The minimum absolute atomic E-state index is 0.597. The number of fused-ring (bicyclic) bond motifs is 1. The van der Waals surface area contributed by atoms with Gasteiger partial charge in [0.05, 0.1) is 0 Å². The van der Waals surface area contributed by atoms with E-state index in [0.717, 1.165) is 5.70 Å². The molecule has 2 aliphatic carbocycles. The van der Waals surface area contributed by atoms with Gasteiger partial charge in [-0.3, -0.25) is 0 Å². The molecule has 0 bridgehead atoms. The zero-order valence-corrected chi connectivity index (χ0v) is 13.7. The summed E-state index contributed by atoms with van der Waals surface area (Å²) >= 11 is 0. The van der Waals surface area contributed by atoms with Gasteiger partial charge >= 0.3 is 0 Å². The monoisotopic (exact) mass is 301 g/mol. The predicted molar refractivity (Wildman–Crippen MR) is 99.2 cm³/mol. The van der Waals surface area contributed by atoms with Crippen LogP contribution in [0.2, 0.25) is 0 Å². The van der Waals surface area contributed by atoms with Crippen molar-refractivity contribution in [2.45, 2.75) is 13.3 Å². The van der Waals surface area contributed by atoms with Crippen molar-refractivity contribution >= 4 is 5.57 Å². The fourth-order valence-corrected chi connectivity index (χ4v) is 3.33. The topological polar surface area (TPSA) is 3.24 Å². The van der Waals surface area contributed by atoms with E-state index in [-0.39, 0.29) is 0 Å². The summed E-state index contributed by atoms with van der Waals surface area (Å²) in [5.74, 6) is 1.24. The van der Waals surface area contributed by atoms with Crippen LogP contribution in [0.25, 0.3) is 5.57 Å². The molecule has 1 aromatic rings. The molecule has 0 N–H and O–H groups in total. The van der Waals surface area contributed by atoms with Crippen molar-refractivity contribution in [2.75, 3.05) is 0 Å². The lowest BCUT2D eigenvalue weighted by atomic mass is 9.95. The van der Waals surface area contributed by atoms with Gasteiger partial charge in [-0.2, -0.15) is 0 Å². The Balaban J connectivity index is 1.96. The van der Waals surface area contributed by atoms with Crippen molar-refractivity contribution in [3.05, 3.63) is 103 Å². The third-order valence-corrected chi connectivity index (χ3v) is 4.46. The Bertz CT molecular complexity index is 716. The van der Waals surface area contributed by atoms with Gasteiger partial charge in [-0.15, -0.1) is 0 Å². The van der Waals surface area contributed by atoms with Crippen molar-refractivity contribution in [1.82, 2.24) is 4.90 Å². The van der Waals surface area contributed by atoms with E-state index in [0.29, 0.717) is 11.8 Å². The summed E-state index contributed by atoms with van der Waals surface area (Å²) in [6, 6.07) is 10.7. The number of rotatable bonds is 6. The van der Waals surface area contributed by atoms with Crippen LogP contribution in [0.4, 0.5) is 0 Å². The Labute approximate surface area is 139 Å². The molecule has 116 valence electrons. The van der Waals surface area contributed by atoms with E-state index in [2.05, 4.69) is 72.8 Å². The zero-order chi connectivity index (χ0) is 16.2. The average Bonchev–Trinajstić information content (AvgIpc) is 3.39. The molecule has 1 heteroatoms. The Hall–Kier alpha value is -2.54. The highest BCUT2D eigenvalue weighted by Gasteiger charge is 2.45. The van der Waals surface area contributed by atoms with Crippen LogP contribution < -0.4 is 0 Å². The van der Waals surface area contributed by atoms with E-state index < -0.39 is 0 Å². The molecule has 1 fully saturated rings. The van der Waals surface area contributed by atoms with Crippen molar-refractivity contribution in [3.63, 3.8) is 0 Å². The van der Waals surface area contributed by atoms with E-state index in [9.17, 15) is 0 Å². The quantitative estimate of drug-likeness (QED) is 0.610. The van der Waals surface area contributed by atoms with Crippen LogP contribution in [0.3, 0.4) is 0 Å². The van der Waals surface area contributed by atoms with Gasteiger partial charge in [0.25, 0.3) is 0 Å². The van der Waals surface area contributed by atoms with Crippen LogP contribution in [-0.4, -0.2) is 4.90 Å². The fourth-order valence-electron chi connectivity index (χ4n) is 3.33. The SMILES string of the molecule is C=C/C=C(\C=C)N(/C=C/C)C1=CC=C(c2ccccc2)C2CC12. The second-order valence-electron chi connectivity index (χ2n) is 5.91. The van der Waals surface area contributed by atoms with Gasteiger partial charge < -0.3 is 4.90 Å². The minimum Gasteiger partial charge on any atom is -0.321 e. The number of hydrogen-bond acceptors (Lipinski definition) is 1. The van der Waals surface area contributed by atoms with Crippen LogP contribution in [0.1, 0.15) is 18.9 Å². The molecule has 2 aliphatic rings. The number of allylic oxidation sites excluding steroid dienone is 8. The van der Waals surface area contributed by atoms with E-state index in [1.54, 1.807) is 0 Å². The molecule has 1 nitrogen and oxygen atoms in total. The lowest BCUT2D eigenvalue weighted by Crippen LogP contribution is -2.18. The maximum Gasteiger partial charge on any atom is 0.0446 e. The standard InChI is InChI=1S/C22H23N/c1-4-10-18(6-3)23(15-5-2)22-14-13-19(20-16-21(20)22)17-11-8-7-9-12-17/h4-15,20-21H,1,3,16H2,2H3/b15-5+,18-10+. The maximum atomic E-state index is 3.94. The van der Waals surface area contributed by atoms with Crippen LogP contribution in [0.5, 0.6) is 0 Å². The summed E-state index contributed by atoms with van der Waals surface area (Å²) in [6.45, 7) is 9.80. The molecule has 1 aromatic carbocycles. The normalized spacial score (nSPS) is 22.9. The molecule has 3 rings (SSSR count). The molecule has 0 heterocycles. The second kappa shape index (κ2) is 6.70. The lowest BCUT2D eigenvalue weighted by Gasteiger charge is -2.27. The number of nitrogens with zero attached hydrogens (tertiary/aromatic N) is 1. The summed E-state index contributed by atoms with van der Waals surface area (Å²) in [5, 5.41) is 0. The van der Waals surface area contributed by atoms with Crippen LogP contribution in [-0.2, 0) is 0 Å². The zero-order valence-electron chi connectivity index (χ0n) is 13.7. The third-order valence-electron chi connectivity index (χ3n) is 4.46. The molecule has 0 radical (unpaired) electrons. The molecule has 0 aliphatic heterocycles. The number of hydrogen-bond donors (Lipinski definition) is 0. The van der Waals surface area contributed by atoms with Gasteiger partial charge in [0, 0.05) is 23.5 Å². The highest BCUT2D eigenvalue weighted by molar-refractivity contribution is 5.74. The van der Waals surface area contributed by atoms with Gasteiger partial charge in [-0.1, -0.05) is 61.7 Å². The Kier molecular flexibility index (Phi) is 4.47. The Morgan fingerprint density at radius 1 is 1.13 bits per heavy atom. The van der Waals surface area contributed by atoms with Gasteiger partial charge in [0.1, 0.15) is 0 Å². The van der Waals surface area contributed by atoms with E-state index >= 15 is 0 Å². The molecule has 2 unspecified atom stereocenters. The van der Waals surface area contributed by atoms with Gasteiger partial charge in [-0.25, -0.2) is 0 Å². The van der Waals surface area contributed by atoms with Crippen molar-refractivity contribution in [3.8, 4) is 0 Å². The largest absolute Gasteiger partial charge is 0.321 e. The lowest BCUT2D eigenvalue weighted by molar-refractivity contribution is 0.541. The predicted octanol–water partition coefficient (Wildman–Crippen LogP) is 5.70. The Morgan fingerprint density at radius 2 is 1.91 bits per heavy atom. The van der Waals surface area contributed by atoms with Gasteiger partial charge in [-0.05, 0) is 48.6 Å². The summed E-state index contributed by atoms with van der Waals surface area (Å²) in [7, 11) is 0. The van der Waals surface area contributed by atoms with Crippen LogP contribution in [0.15, 0.2) is 97.5 Å². The first kappa shape index (κ1) is 15.4. The summed E-state index contributed by atoms with van der Waals surface area (Å²) in [6.07, 6.45) is 15.6. The molecular formula is C22H23N. The van der Waals surface area contributed by atoms with Crippen molar-refractivity contribution in [1.29, 1.82) is 0 Å². The maximum absolute atomic E-state index is 3.94. The third kappa shape index (κ3) is 3.00. The first-order valence-corrected chi connectivity index (χ1v) is 8.14. The minimum atomic E-state index is 0.597. The van der Waals surface area contributed by atoms with Crippen LogP contribution in [0, 0.1) is 11.8 Å². The van der Waals surface area contributed by atoms with Gasteiger partial charge in [0.15, 0.2) is 0 Å². The number of benzene rings is 1. The molecule has 0 spiro atoms. The highest BCUT2D eigenvalue weighted by Crippen LogP contribution is 2.55. The van der Waals surface area contributed by atoms with Crippen LogP contribution >= 0.6 is 0 Å². The molecule has 1 saturated carbocycles. The summed E-state index contributed by atoms with van der Waals surface area (Å²) in [4.78, 5) is 2.23. The smallest absolute Gasteiger partial charge is 0.0446 e. The van der Waals surface area contributed by atoms with Crippen molar-refractivity contribution < 1.29 is 0 Å². The van der Waals surface area contributed by atoms with Gasteiger partial charge in [0.2, 0.25) is 0 Å². The first-order chi connectivity index (χ1) is 11.3. The second-order valence-corrected chi connectivity index (χ2v) is 5.91. The fraction of sp³-hybridized carbons (Fsp3) is 0.182. The molecule has 0 saturated heterocycles. The molecule has 23 heavy (non-hydrogen) atoms. The van der Waals surface area contributed by atoms with E-state index in [1.165, 1.54) is 23.3 Å². The van der Waals surface area contributed by atoms with Crippen molar-refractivity contribution in [2.24, 2.45) is 11.8 Å². The molecular weight excluding hydrogens is 278 g/mol. The van der Waals surface area contributed by atoms with E-state index in [1.807, 2.05) is 25.2 Å². The van der Waals surface area contributed by atoms with E-state index in [4.69, 9.17) is 0 Å². The Morgan fingerprint density at radius 3 is 2.57 bits per heavy atom. The molecule has 0 aromatic heterocycles. The average molecular weight is 301 g/mol. The summed E-state index contributed by atoms with van der Waals surface area (Å²) in [5.41, 5.74) is 5.22. The summed E-state index contributed by atoms with van der Waals surface area (Å²) < 4.78 is 0. The molecule has 0 amide bonds. The highest BCUT2D eigenvalue weighted by atomic mass is 15.1.